The minimum absolute atomic E-state index is 0.759. The van der Waals surface area contributed by atoms with Gasteiger partial charge in [0.05, 0.1) is 31.4 Å². The number of aryl methyl sites for hydroxylation is 1. The fourth-order valence-corrected chi connectivity index (χ4v) is 2.80. The molecule has 2 aromatic carbocycles. The van der Waals surface area contributed by atoms with Crippen molar-refractivity contribution in [2.45, 2.75) is 12.8 Å². The Bertz CT molecular complexity index is 851. The average molecular weight is 337 g/mol. The molecule has 0 aliphatic rings. The number of anilines is 1. The van der Waals surface area contributed by atoms with E-state index < -0.39 is 0 Å². The monoisotopic (exact) mass is 337 g/mol. The van der Waals surface area contributed by atoms with E-state index in [1.807, 2.05) is 49.6 Å². The van der Waals surface area contributed by atoms with Crippen LogP contribution < -0.4 is 14.4 Å². The number of para-hydroxylation sites is 2. The number of methoxy groups -OCH3 is 2. The summed E-state index contributed by atoms with van der Waals surface area (Å²) in [5, 5.41) is 0. The molecule has 3 rings (SSSR count). The lowest BCUT2D eigenvalue weighted by Gasteiger charge is -2.18. The first-order chi connectivity index (χ1) is 12.2. The van der Waals surface area contributed by atoms with Crippen LogP contribution in [-0.2, 0) is 6.42 Å². The van der Waals surface area contributed by atoms with E-state index in [-0.39, 0.29) is 0 Å². The van der Waals surface area contributed by atoms with Crippen LogP contribution in [0, 0.1) is 0 Å². The number of ether oxygens (including phenoxy) is 2. The quantitative estimate of drug-likeness (QED) is 0.658. The number of hydrogen-bond acceptors (Lipinski definition) is 5. The van der Waals surface area contributed by atoms with Gasteiger partial charge in [-0.15, -0.1) is 0 Å². The lowest BCUT2D eigenvalue weighted by Crippen LogP contribution is -2.20. The molecule has 1 aromatic heterocycles. The molecule has 0 unspecified atom stereocenters. The Balaban J connectivity index is 1.61. The van der Waals surface area contributed by atoms with Crippen molar-refractivity contribution in [3.8, 4) is 11.5 Å². The number of fused-ring (bicyclic) bond motifs is 1. The van der Waals surface area contributed by atoms with Gasteiger partial charge in [-0.05, 0) is 42.7 Å². The Kier molecular flexibility index (Phi) is 5.33. The predicted octanol–water partition coefficient (Wildman–Crippen LogP) is 3.72. The molecule has 0 saturated carbocycles. The van der Waals surface area contributed by atoms with Gasteiger partial charge in [0.25, 0.3) is 0 Å². The number of hydrogen-bond donors (Lipinski definition) is 0. The zero-order valence-electron chi connectivity index (χ0n) is 14.9. The van der Waals surface area contributed by atoms with Gasteiger partial charge < -0.3 is 14.4 Å². The van der Waals surface area contributed by atoms with Gasteiger partial charge in [-0.2, -0.15) is 0 Å². The Labute approximate surface area is 148 Å². The van der Waals surface area contributed by atoms with E-state index in [0.29, 0.717) is 0 Å². The van der Waals surface area contributed by atoms with E-state index in [1.165, 1.54) is 5.56 Å². The molecule has 0 spiro atoms. The Morgan fingerprint density at radius 3 is 2.48 bits per heavy atom. The molecular formula is C20H23N3O2. The van der Waals surface area contributed by atoms with Crippen molar-refractivity contribution in [1.82, 2.24) is 9.97 Å². The van der Waals surface area contributed by atoms with Crippen molar-refractivity contribution >= 4 is 16.9 Å². The van der Waals surface area contributed by atoms with Crippen molar-refractivity contribution in [3.63, 3.8) is 0 Å². The van der Waals surface area contributed by atoms with Crippen LogP contribution in [0.2, 0.25) is 0 Å². The molecule has 0 radical (unpaired) electrons. The molecule has 3 aromatic rings. The smallest absolute Gasteiger partial charge is 0.160 e. The summed E-state index contributed by atoms with van der Waals surface area (Å²) in [6, 6.07) is 14.0. The normalized spacial score (nSPS) is 10.7. The van der Waals surface area contributed by atoms with Gasteiger partial charge in [0, 0.05) is 13.6 Å². The molecule has 0 N–H and O–H groups in total. The second kappa shape index (κ2) is 7.83. The van der Waals surface area contributed by atoms with E-state index in [4.69, 9.17) is 9.47 Å². The third kappa shape index (κ3) is 3.99. The zero-order chi connectivity index (χ0) is 17.6. The molecule has 5 nitrogen and oxygen atoms in total. The Morgan fingerprint density at radius 1 is 0.960 bits per heavy atom. The van der Waals surface area contributed by atoms with Crippen LogP contribution in [0.3, 0.4) is 0 Å². The summed E-state index contributed by atoms with van der Waals surface area (Å²) >= 11 is 0. The summed E-state index contributed by atoms with van der Waals surface area (Å²) in [5.74, 6) is 2.43. The van der Waals surface area contributed by atoms with Crippen molar-refractivity contribution in [3.05, 3.63) is 54.2 Å². The first kappa shape index (κ1) is 17.0. The molecule has 25 heavy (non-hydrogen) atoms. The van der Waals surface area contributed by atoms with Gasteiger partial charge in [0.2, 0.25) is 0 Å². The first-order valence-electron chi connectivity index (χ1n) is 8.35. The maximum atomic E-state index is 5.36. The molecule has 1 heterocycles. The maximum Gasteiger partial charge on any atom is 0.160 e. The highest BCUT2D eigenvalue weighted by Gasteiger charge is 2.07. The van der Waals surface area contributed by atoms with Crippen LogP contribution in [0.4, 0.5) is 5.82 Å². The average Bonchev–Trinajstić information content (AvgIpc) is 2.67. The highest BCUT2D eigenvalue weighted by atomic mass is 16.5. The standard InChI is InChI=1S/C20H23N3O2/c1-23(20-14-21-16-8-4-5-9-17(16)22-20)12-6-7-15-10-11-18(24-2)19(13-15)25-3/h4-5,8-11,13-14H,6-7,12H2,1-3H3. The predicted molar refractivity (Wildman–Crippen MR) is 101 cm³/mol. The van der Waals surface area contributed by atoms with Gasteiger partial charge in [0.1, 0.15) is 5.82 Å². The molecule has 0 amide bonds. The van der Waals surface area contributed by atoms with E-state index in [2.05, 4.69) is 20.9 Å². The molecule has 0 bridgehead atoms. The molecule has 0 atom stereocenters. The molecule has 0 aliphatic carbocycles. The fourth-order valence-electron chi connectivity index (χ4n) is 2.80. The van der Waals surface area contributed by atoms with Gasteiger partial charge in [-0.25, -0.2) is 4.98 Å². The van der Waals surface area contributed by atoms with Crippen molar-refractivity contribution in [1.29, 1.82) is 0 Å². The highest BCUT2D eigenvalue weighted by Crippen LogP contribution is 2.28. The van der Waals surface area contributed by atoms with Gasteiger partial charge >= 0.3 is 0 Å². The Morgan fingerprint density at radius 2 is 1.72 bits per heavy atom. The first-order valence-corrected chi connectivity index (χ1v) is 8.35. The van der Waals surface area contributed by atoms with Crippen LogP contribution >= 0.6 is 0 Å². The second-order valence-corrected chi connectivity index (χ2v) is 5.93. The summed E-state index contributed by atoms with van der Waals surface area (Å²) in [7, 11) is 5.36. The zero-order valence-corrected chi connectivity index (χ0v) is 14.9. The number of benzene rings is 2. The number of aromatic nitrogens is 2. The van der Waals surface area contributed by atoms with Crippen LogP contribution in [0.5, 0.6) is 11.5 Å². The minimum Gasteiger partial charge on any atom is -0.493 e. The van der Waals surface area contributed by atoms with Crippen molar-refractivity contribution in [2.24, 2.45) is 0 Å². The second-order valence-electron chi connectivity index (χ2n) is 5.93. The Hall–Kier alpha value is -2.82. The van der Waals surface area contributed by atoms with E-state index in [1.54, 1.807) is 14.2 Å². The maximum absolute atomic E-state index is 5.36. The van der Waals surface area contributed by atoms with E-state index >= 15 is 0 Å². The van der Waals surface area contributed by atoms with E-state index in [9.17, 15) is 0 Å². The van der Waals surface area contributed by atoms with Crippen LogP contribution in [0.25, 0.3) is 11.0 Å². The van der Waals surface area contributed by atoms with Crippen molar-refractivity contribution in [2.75, 3.05) is 32.7 Å². The summed E-state index contributed by atoms with van der Waals surface area (Å²) in [4.78, 5) is 11.3. The SMILES string of the molecule is COc1ccc(CCCN(C)c2cnc3ccccc3n2)cc1OC. The number of rotatable bonds is 7. The molecule has 0 aliphatic heterocycles. The molecule has 5 heteroatoms. The lowest BCUT2D eigenvalue weighted by atomic mass is 10.1. The van der Waals surface area contributed by atoms with Crippen LogP contribution in [-0.4, -0.2) is 37.8 Å². The largest absolute Gasteiger partial charge is 0.493 e. The summed E-state index contributed by atoms with van der Waals surface area (Å²) < 4.78 is 10.6. The van der Waals surface area contributed by atoms with Crippen LogP contribution in [0.1, 0.15) is 12.0 Å². The lowest BCUT2D eigenvalue weighted by molar-refractivity contribution is 0.354. The van der Waals surface area contributed by atoms with Crippen LogP contribution in [0.15, 0.2) is 48.7 Å². The minimum atomic E-state index is 0.759. The van der Waals surface area contributed by atoms with Gasteiger partial charge in [-0.1, -0.05) is 18.2 Å². The summed E-state index contributed by atoms with van der Waals surface area (Å²) in [5.41, 5.74) is 3.08. The molecular weight excluding hydrogens is 314 g/mol. The van der Waals surface area contributed by atoms with E-state index in [0.717, 1.165) is 47.7 Å². The van der Waals surface area contributed by atoms with Gasteiger partial charge in [0.15, 0.2) is 11.5 Å². The third-order valence-electron chi connectivity index (χ3n) is 4.23. The molecule has 0 fully saturated rings. The topological polar surface area (TPSA) is 47.5 Å². The summed E-state index contributed by atoms with van der Waals surface area (Å²) in [6.07, 6.45) is 3.81. The van der Waals surface area contributed by atoms with Gasteiger partial charge in [-0.3, -0.25) is 4.98 Å². The number of nitrogens with zero attached hydrogens (tertiary/aromatic N) is 3. The fraction of sp³-hybridized carbons (Fsp3) is 0.300. The summed E-state index contributed by atoms with van der Waals surface area (Å²) in [6.45, 7) is 0.904. The molecule has 130 valence electrons. The molecule has 0 saturated heterocycles. The third-order valence-corrected chi connectivity index (χ3v) is 4.23. The van der Waals surface area contributed by atoms with Crippen molar-refractivity contribution < 1.29 is 9.47 Å². The highest BCUT2D eigenvalue weighted by molar-refractivity contribution is 5.75.